The third-order valence-electron chi connectivity index (χ3n) is 2.77. The van der Waals surface area contributed by atoms with Crippen LogP contribution in [0, 0.1) is 0 Å². The predicted molar refractivity (Wildman–Crippen MR) is 76.5 cm³/mol. The smallest absolute Gasteiger partial charge is 0.335 e. The van der Waals surface area contributed by atoms with Crippen LogP contribution in [-0.2, 0) is 16.6 Å². The number of aromatic carboxylic acids is 1. The Morgan fingerprint density at radius 2 is 2.10 bits per heavy atom. The maximum atomic E-state index is 11.3. The molecule has 2 rings (SSSR count). The Hall–Kier alpha value is -2.00. The van der Waals surface area contributed by atoms with E-state index in [4.69, 9.17) is 5.11 Å². The van der Waals surface area contributed by atoms with E-state index in [9.17, 15) is 13.2 Å². The normalized spacial score (nSPS) is 12.7. The number of carboxylic acid groups (broad SMARTS) is 1. The van der Waals surface area contributed by atoms with E-state index in [1.165, 1.54) is 12.1 Å². The van der Waals surface area contributed by atoms with Gasteiger partial charge in [-0.2, -0.15) is 0 Å². The number of nitrogens with one attached hydrogen (secondary N) is 1. The second kappa shape index (κ2) is 5.08. The highest BCUT2D eigenvalue weighted by Gasteiger charge is 2.24. The lowest BCUT2D eigenvalue weighted by Crippen LogP contribution is -2.46. The molecule has 1 heterocycles. The number of fused-ring (bicyclic) bond motifs is 1. The largest absolute Gasteiger partial charge is 0.478 e. The Balaban J connectivity index is 2.33. The van der Waals surface area contributed by atoms with Crippen LogP contribution < -0.4 is 4.72 Å². The molecule has 1 aromatic carbocycles. The van der Waals surface area contributed by atoms with Gasteiger partial charge in [0.15, 0.2) is 0 Å². The quantitative estimate of drug-likeness (QED) is 0.829. The van der Waals surface area contributed by atoms with Crippen LogP contribution in [0.2, 0.25) is 0 Å². The van der Waals surface area contributed by atoms with Gasteiger partial charge in [0.1, 0.15) is 5.52 Å². The lowest BCUT2D eigenvalue weighted by atomic mass is 10.1. The molecule has 0 amide bonds. The van der Waals surface area contributed by atoms with Crippen molar-refractivity contribution in [1.29, 1.82) is 0 Å². The van der Waals surface area contributed by atoms with Gasteiger partial charge in [0, 0.05) is 5.54 Å². The van der Waals surface area contributed by atoms with E-state index >= 15 is 0 Å². The zero-order valence-electron chi connectivity index (χ0n) is 11.9. The number of hydrogen-bond acceptors (Lipinski definition) is 5. The minimum atomic E-state index is -3.35. The van der Waals surface area contributed by atoms with Crippen molar-refractivity contribution >= 4 is 27.0 Å². The molecule has 0 radical (unpaired) electrons. The third-order valence-corrected chi connectivity index (χ3v) is 3.69. The minimum Gasteiger partial charge on any atom is -0.478 e. The van der Waals surface area contributed by atoms with E-state index in [0.29, 0.717) is 11.0 Å². The predicted octanol–water partition coefficient (Wildman–Crippen LogP) is 0.457. The van der Waals surface area contributed by atoms with Crippen molar-refractivity contribution in [3.8, 4) is 0 Å². The molecule has 1 aromatic heterocycles. The SMILES string of the molecule is CC(C)(Cn1nnc2cc(C(=O)O)ccc21)NS(C)(=O)=O. The van der Waals surface area contributed by atoms with Gasteiger partial charge in [-0.1, -0.05) is 5.21 Å². The van der Waals surface area contributed by atoms with E-state index < -0.39 is 21.5 Å². The molecule has 0 aliphatic carbocycles. The summed E-state index contributed by atoms with van der Waals surface area (Å²) in [4.78, 5) is 10.9. The lowest BCUT2D eigenvalue weighted by Gasteiger charge is -2.24. The first-order chi connectivity index (χ1) is 9.57. The molecule has 2 N–H and O–H groups in total. The van der Waals surface area contributed by atoms with Gasteiger partial charge in [0.2, 0.25) is 10.0 Å². The minimum absolute atomic E-state index is 0.128. The zero-order chi connectivity index (χ0) is 15.8. The Labute approximate surface area is 121 Å². The highest BCUT2D eigenvalue weighted by Crippen LogP contribution is 2.16. The van der Waals surface area contributed by atoms with Crippen LogP contribution in [-0.4, -0.2) is 46.3 Å². The Kier molecular flexibility index (Phi) is 3.72. The van der Waals surface area contributed by atoms with E-state index in [0.717, 1.165) is 6.26 Å². The van der Waals surface area contributed by atoms with E-state index in [-0.39, 0.29) is 12.1 Å². The number of benzene rings is 1. The van der Waals surface area contributed by atoms with Crippen LogP contribution in [0.1, 0.15) is 24.2 Å². The van der Waals surface area contributed by atoms with E-state index in [1.54, 1.807) is 24.6 Å². The molecule has 2 aromatic rings. The van der Waals surface area contributed by atoms with Crippen LogP contribution >= 0.6 is 0 Å². The van der Waals surface area contributed by atoms with E-state index in [1.807, 2.05) is 0 Å². The average molecular weight is 312 g/mol. The second-order valence-corrected chi connectivity index (χ2v) is 7.26. The van der Waals surface area contributed by atoms with Gasteiger partial charge >= 0.3 is 5.97 Å². The fraction of sp³-hybridized carbons (Fsp3) is 0.417. The summed E-state index contributed by atoms with van der Waals surface area (Å²) in [5, 5.41) is 16.8. The molecular formula is C12H16N4O4S. The number of hydrogen-bond donors (Lipinski definition) is 2. The van der Waals surface area contributed by atoms with Gasteiger partial charge < -0.3 is 5.11 Å². The molecule has 0 unspecified atom stereocenters. The van der Waals surface area contributed by atoms with Crippen LogP contribution in [0.3, 0.4) is 0 Å². The first kappa shape index (κ1) is 15.4. The van der Waals surface area contributed by atoms with Crippen LogP contribution in [0.15, 0.2) is 18.2 Å². The molecule has 0 spiro atoms. The van der Waals surface area contributed by atoms with Crippen molar-refractivity contribution in [2.45, 2.75) is 25.9 Å². The Bertz CT molecular complexity index is 795. The number of nitrogens with zero attached hydrogens (tertiary/aromatic N) is 3. The third kappa shape index (κ3) is 3.76. The fourth-order valence-corrected chi connectivity index (χ4v) is 3.20. The topological polar surface area (TPSA) is 114 Å². The van der Waals surface area contributed by atoms with Crippen LogP contribution in [0.25, 0.3) is 11.0 Å². The summed E-state index contributed by atoms with van der Waals surface area (Å²) in [5.41, 5.74) is 0.469. The second-order valence-electron chi connectivity index (χ2n) is 5.51. The van der Waals surface area contributed by atoms with Gasteiger partial charge in [-0.3, -0.25) is 0 Å². The molecule has 0 fully saturated rings. The molecule has 0 aliphatic heterocycles. The summed E-state index contributed by atoms with van der Waals surface area (Å²) < 4.78 is 26.7. The number of rotatable bonds is 5. The van der Waals surface area contributed by atoms with Gasteiger partial charge in [0.05, 0.1) is 23.9 Å². The van der Waals surface area contributed by atoms with Gasteiger partial charge in [-0.15, -0.1) is 5.10 Å². The lowest BCUT2D eigenvalue weighted by molar-refractivity contribution is 0.0697. The van der Waals surface area contributed by atoms with Crippen molar-refractivity contribution in [3.63, 3.8) is 0 Å². The maximum absolute atomic E-state index is 11.3. The highest BCUT2D eigenvalue weighted by molar-refractivity contribution is 7.88. The summed E-state index contributed by atoms with van der Waals surface area (Å²) >= 11 is 0. The molecule has 0 saturated heterocycles. The molecule has 21 heavy (non-hydrogen) atoms. The summed E-state index contributed by atoms with van der Waals surface area (Å²) in [5.74, 6) is -1.04. The molecule has 0 saturated carbocycles. The fourth-order valence-electron chi connectivity index (χ4n) is 2.13. The Morgan fingerprint density at radius 1 is 1.43 bits per heavy atom. The standard InChI is InChI=1S/C12H16N4O4S/c1-12(2,14-21(3,19)20)7-16-10-5-4-8(11(17)18)6-9(10)13-15-16/h4-6,14H,7H2,1-3H3,(H,17,18). The zero-order valence-corrected chi connectivity index (χ0v) is 12.7. The average Bonchev–Trinajstić information content (AvgIpc) is 2.67. The molecule has 9 heteroatoms. The van der Waals surface area contributed by atoms with Crippen molar-refractivity contribution in [2.75, 3.05) is 6.26 Å². The van der Waals surface area contributed by atoms with Crippen molar-refractivity contribution in [2.24, 2.45) is 0 Å². The van der Waals surface area contributed by atoms with E-state index in [2.05, 4.69) is 15.0 Å². The van der Waals surface area contributed by atoms with Crippen LogP contribution in [0.5, 0.6) is 0 Å². The molecule has 0 atom stereocenters. The molecule has 8 nitrogen and oxygen atoms in total. The van der Waals surface area contributed by atoms with Crippen molar-refractivity contribution < 1.29 is 18.3 Å². The first-order valence-corrected chi connectivity index (χ1v) is 8.02. The van der Waals surface area contributed by atoms with Gasteiger partial charge in [-0.05, 0) is 32.0 Å². The van der Waals surface area contributed by atoms with Gasteiger partial charge in [-0.25, -0.2) is 22.6 Å². The summed E-state index contributed by atoms with van der Waals surface area (Å²) in [7, 11) is -3.35. The Morgan fingerprint density at radius 3 is 2.67 bits per heavy atom. The maximum Gasteiger partial charge on any atom is 0.335 e. The molecule has 0 bridgehead atoms. The molecule has 114 valence electrons. The summed E-state index contributed by atoms with van der Waals surface area (Å²) in [6.07, 6.45) is 1.09. The molecular weight excluding hydrogens is 296 g/mol. The highest BCUT2D eigenvalue weighted by atomic mass is 32.2. The van der Waals surface area contributed by atoms with Crippen molar-refractivity contribution in [1.82, 2.24) is 19.7 Å². The molecule has 0 aliphatic rings. The number of carboxylic acids is 1. The van der Waals surface area contributed by atoms with Crippen molar-refractivity contribution in [3.05, 3.63) is 23.8 Å². The monoisotopic (exact) mass is 312 g/mol. The summed E-state index contributed by atoms with van der Waals surface area (Å²) in [6, 6.07) is 4.50. The number of carbonyl (C=O) groups is 1. The first-order valence-electron chi connectivity index (χ1n) is 6.13. The van der Waals surface area contributed by atoms with Crippen LogP contribution in [0.4, 0.5) is 0 Å². The number of aromatic nitrogens is 3. The number of sulfonamides is 1. The summed E-state index contributed by atoms with van der Waals surface area (Å²) in [6.45, 7) is 3.73. The van der Waals surface area contributed by atoms with Gasteiger partial charge in [0.25, 0.3) is 0 Å².